The summed E-state index contributed by atoms with van der Waals surface area (Å²) < 4.78 is 5.60. The second kappa shape index (κ2) is 3.87. The lowest BCUT2D eigenvalue weighted by Gasteiger charge is -2.18. The van der Waals surface area contributed by atoms with Crippen LogP contribution in [-0.4, -0.2) is 6.61 Å². The maximum atomic E-state index is 5.60. The molecule has 0 saturated heterocycles. The number of ether oxygens (including phenoxy) is 1. The van der Waals surface area contributed by atoms with Gasteiger partial charge >= 0.3 is 0 Å². The second-order valence-corrected chi connectivity index (χ2v) is 3.79. The molecule has 0 fully saturated rings. The minimum atomic E-state index is 0.728. The van der Waals surface area contributed by atoms with Gasteiger partial charge in [0, 0.05) is 5.56 Å². The first-order valence-electron chi connectivity index (χ1n) is 5.24. The molecule has 0 saturated carbocycles. The Labute approximate surface area is 85.4 Å². The molecule has 1 aromatic carbocycles. The van der Waals surface area contributed by atoms with Gasteiger partial charge in [0.1, 0.15) is 12.4 Å². The predicted molar refractivity (Wildman–Crippen MR) is 59.6 cm³/mol. The Balaban J connectivity index is 2.38. The number of aryl methyl sites for hydroxylation is 1. The van der Waals surface area contributed by atoms with Gasteiger partial charge in [-0.15, -0.1) is 0 Å². The quantitative estimate of drug-likeness (QED) is 0.689. The zero-order chi connectivity index (χ0) is 9.97. The zero-order valence-corrected chi connectivity index (χ0v) is 8.84. The standard InChI is InChI=1S/C13H16O/c1-3-4-11-7-8-14-13-9-10(2)5-6-12(11)13/h5-7,9H,3-4,8H2,1-2H3. The lowest BCUT2D eigenvalue weighted by atomic mass is 9.97. The number of benzene rings is 1. The van der Waals surface area contributed by atoms with Crippen molar-refractivity contribution in [3.8, 4) is 5.75 Å². The van der Waals surface area contributed by atoms with E-state index in [9.17, 15) is 0 Å². The molecule has 1 aliphatic rings. The van der Waals surface area contributed by atoms with E-state index in [-0.39, 0.29) is 0 Å². The highest BCUT2D eigenvalue weighted by atomic mass is 16.5. The molecule has 0 unspecified atom stereocenters. The minimum absolute atomic E-state index is 0.728. The molecule has 0 aliphatic carbocycles. The fourth-order valence-electron chi connectivity index (χ4n) is 1.86. The fraction of sp³-hybridized carbons (Fsp3) is 0.385. The van der Waals surface area contributed by atoms with Crippen LogP contribution in [0.4, 0.5) is 0 Å². The summed E-state index contributed by atoms with van der Waals surface area (Å²) in [5.74, 6) is 1.05. The second-order valence-electron chi connectivity index (χ2n) is 3.79. The maximum absolute atomic E-state index is 5.60. The Morgan fingerprint density at radius 1 is 1.36 bits per heavy atom. The van der Waals surface area contributed by atoms with E-state index in [2.05, 4.69) is 38.1 Å². The molecule has 74 valence electrons. The highest BCUT2D eigenvalue weighted by molar-refractivity contribution is 5.72. The van der Waals surface area contributed by atoms with E-state index < -0.39 is 0 Å². The van der Waals surface area contributed by atoms with Crippen LogP contribution >= 0.6 is 0 Å². The van der Waals surface area contributed by atoms with Crippen LogP contribution in [0.25, 0.3) is 5.57 Å². The van der Waals surface area contributed by atoms with Gasteiger partial charge in [-0.05, 0) is 36.6 Å². The van der Waals surface area contributed by atoms with Gasteiger partial charge in [-0.25, -0.2) is 0 Å². The SMILES string of the molecule is CCCC1=CCOc2cc(C)ccc21. The summed E-state index contributed by atoms with van der Waals surface area (Å²) in [6.45, 7) is 5.04. The lowest BCUT2D eigenvalue weighted by Crippen LogP contribution is -2.04. The van der Waals surface area contributed by atoms with E-state index in [1.807, 2.05) is 0 Å². The van der Waals surface area contributed by atoms with Gasteiger partial charge in [-0.3, -0.25) is 0 Å². The lowest BCUT2D eigenvalue weighted by molar-refractivity contribution is 0.356. The molecule has 0 bridgehead atoms. The molecule has 1 aliphatic heterocycles. The Kier molecular flexibility index (Phi) is 2.58. The third-order valence-corrected chi connectivity index (χ3v) is 2.57. The molecule has 14 heavy (non-hydrogen) atoms. The van der Waals surface area contributed by atoms with Gasteiger partial charge in [0.2, 0.25) is 0 Å². The van der Waals surface area contributed by atoms with Crippen molar-refractivity contribution in [2.45, 2.75) is 26.7 Å². The largest absolute Gasteiger partial charge is 0.489 e. The number of fused-ring (bicyclic) bond motifs is 1. The Morgan fingerprint density at radius 2 is 2.21 bits per heavy atom. The highest BCUT2D eigenvalue weighted by Crippen LogP contribution is 2.32. The summed E-state index contributed by atoms with van der Waals surface area (Å²) in [6.07, 6.45) is 4.54. The molecule has 2 rings (SSSR count). The van der Waals surface area contributed by atoms with Crippen LogP contribution in [0.15, 0.2) is 24.3 Å². The summed E-state index contributed by atoms with van der Waals surface area (Å²) in [6, 6.07) is 6.44. The number of allylic oxidation sites excluding steroid dienone is 1. The van der Waals surface area contributed by atoms with Gasteiger partial charge in [0.05, 0.1) is 0 Å². The summed E-state index contributed by atoms with van der Waals surface area (Å²) in [5, 5.41) is 0. The first-order valence-corrected chi connectivity index (χ1v) is 5.24. The van der Waals surface area contributed by atoms with Crippen molar-refractivity contribution < 1.29 is 4.74 Å². The van der Waals surface area contributed by atoms with Gasteiger partial charge in [-0.2, -0.15) is 0 Å². The molecule has 1 nitrogen and oxygen atoms in total. The Hall–Kier alpha value is -1.24. The first kappa shape index (κ1) is 9.32. The van der Waals surface area contributed by atoms with Crippen molar-refractivity contribution >= 4 is 5.57 Å². The molecule has 0 N–H and O–H groups in total. The van der Waals surface area contributed by atoms with Crippen LogP contribution in [0.1, 0.15) is 30.9 Å². The maximum Gasteiger partial charge on any atom is 0.127 e. The van der Waals surface area contributed by atoms with E-state index in [4.69, 9.17) is 4.74 Å². The third-order valence-electron chi connectivity index (χ3n) is 2.57. The number of hydrogen-bond donors (Lipinski definition) is 0. The van der Waals surface area contributed by atoms with Crippen LogP contribution in [0, 0.1) is 6.92 Å². The van der Waals surface area contributed by atoms with Crippen LogP contribution < -0.4 is 4.74 Å². The fourth-order valence-corrected chi connectivity index (χ4v) is 1.86. The molecule has 0 spiro atoms. The summed E-state index contributed by atoms with van der Waals surface area (Å²) >= 11 is 0. The first-order chi connectivity index (χ1) is 6.81. The van der Waals surface area contributed by atoms with Crippen molar-refractivity contribution in [3.63, 3.8) is 0 Å². The van der Waals surface area contributed by atoms with E-state index >= 15 is 0 Å². The van der Waals surface area contributed by atoms with Crippen LogP contribution in [0.5, 0.6) is 5.75 Å². The average molecular weight is 188 g/mol. The molecule has 1 heteroatoms. The van der Waals surface area contributed by atoms with Crippen molar-refractivity contribution in [2.24, 2.45) is 0 Å². The topological polar surface area (TPSA) is 9.23 Å². The van der Waals surface area contributed by atoms with Gasteiger partial charge < -0.3 is 4.74 Å². The van der Waals surface area contributed by atoms with Crippen molar-refractivity contribution in [3.05, 3.63) is 35.4 Å². The summed E-state index contributed by atoms with van der Waals surface area (Å²) in [5.41, 5.74) is 3.99. The molecule has 0 amide bonds. The van der Waals surface area contributed by atoms with E-state index in [1.165, 1.54) is 23.1 Å². The minimum Gasteiger partial charge on any atom is -0.489 e. The van der Waals surface area contributed by atoms with E-state index in [0.717, 1.165) is 18.8 Å². The molecule has 0 radical (unpaired) electrons. The van der Waals surface area contributed by atoms with Crippen molar-refractivity contribution in [2.75, 3.05) is 6.61 Å². The zero-order valence-electron chi connectivity index (χ0n) is 8.84. The smallest absolute Gasteiger partial charge is 0.127 e. The van der Waals surface area contributed by atoms with E-state index in [0.29, 0.717) is 0 Å². The van der Waals surface area contributed by atoms with Crippen molar-refractivity contribution in [1.82, 2.24) is 0 Å². The summed E-state index contributed by atoms with van der Waals surface area (Å²) in [4.78, 5) is 0. The molecule has 1 heterocycles. The molecular weight excluding hydrogens is 172 g/mol. The Morgan fingerprint density at radius 3 is 3.00 bits per heavy atom. The highest BCUT2D eigenvalue weighted by Gasteiger charge is 2.12. The van der Waals surface area contributed by atoms with E-state index in [1.54, 1.807) is 0 Å². The molecule has 0 aromatic heterocycles. The number of rotatable bonds is 2. The third kappa shape index (κ3) is 1.67. The van der Waals surface area contributed by atoms with Gasteiger partial charge in [-0.1, -0.05) is 25.5 Å². The van der Waals surface area contributed by atoms with Gasteiger partial charge in [0.25, 0.3) is 0 Å². The summed E-state index contributed by atoms with van der Waals surface area (Å²) in [7, 11) is 0. The normalized spacial score (nSPS) is 14.3. The Bertz CT molecular complexity index is 363. The van der Waals surface area contributed by atoms with Crippen molar-refractivity contribution in [1.29, 1.82) is 0 Å². The van der Waals surface area contributed by atoms with Crippen LogP contribution in [0.2, 0.25) is 0 Å². The monoisotopic (exact) mass is 188 g/mol. The van der Waals surface area contributed by atoms with Crippen LogP contribution in [-0.2, 0) is 0 Å². The van der Waals surface area contributed by atoms with Gasteiger partial charge in [0.15, 0.2) is 0 Å². The molecule has 0 atom stereocenters. The molecular formula is C13H16O. The predicted octanol–water partition coefficient (Wildman–Crippen LogP) is 3.57. The molecule has 1 aromatic rings. The van der Waals surface area contributed by atoms with Crippen LogP contribution in [0.3, 0.4) is 0 Å². The average Bonchev–Trinajstić information content (AvgIpc) is 2.18. The number of hydrogen-bond acceptors (Lipinski definition) is 1.